The molecule has 0 aliphatic heterocycles. The van der Waals surface area contributed by atoms with Crippen molar-refractivity contribution in [2.75, 3.05) is 6.61 Å². The lowest BCUT2D eigenvalue weighted by Gasteiger charge is -2.14. The van der Waals surface area contributed by atoms with Crippen LogP contribution in [0.2, 0.25) is 0 Å². The van der Waals surface area contributed by atoms with E-state index < -0.39 is 5.97 Å². The van der Waals surface area contributed by atoms with Gasteiger partial charge in [-0.25, -0.2) is 4.79 Å². The maximum atomic E-state index is 12.0. The van der Waals surface area contributed by atoms with Gasteiger partial charge >= 0.3 is 5.97 Å². The number of benzene rings is 1. The number of nitrogens with one attached hydrogen (secondary N) is 1. The van der Waals surface area contributed by atoms with Crippen molar-refractivity contribution in [1.29, 1.82) is 0 Å². The summed E-state index contributed by atoms with van der Waals surface area (Å²) in [6, 6.07) is 8.45. The predicted molar refractivity (Wildman–Crippen MR) is 114 cm³/mol. The molecule has 0 saturated carbocycles. The minimum absolute atomic E-state index is 0.112. The van der Waals surface area contributed by atoms with E-state index in [9.17, 15) is 9.59 Å². The van der Waals surface area contributed by atoms with E-state index in [-0.39, 0.29) is 18.6 Å². The summed E-state index contributed by atoms with van der Waals surface area (Å²) in [5, 5.41) is 7.42. The molecule has 0 aliphatic rings. The van der Waals surface area contributed by atoms with E-state index in [0.29, 0.717) is 6.54 Å². The molecule has 0 saturated heterocycles. The second-order valence-electron chi connectivity index (χ2n) is 7.25. The molecular weight excluding hydrogens is 366 g/mol. The van der Waals surface area contributed by atoms with Crippen LogP contribution < -0.4 is 5.32 Å². The minimum Gasteiger partial charge on any atom is -0.452 e. The molecule has 29 heavy (non-hydrogen) atoms. The third kappa shape index (κ3) is 6.59. The van der Waals surface area contributed by atoms with Crippen LogP contribution >= 0.6 is 0 Å². The highest BCUT2D eigenvalue weighted by atomic mass is 16.5. The molecule has 0 bridgehead atoms. The van der Waals surface area contributed by atoms with Gasteiger partial charge in [-0.15, -0.1) is 0 Å². The Hall–Kier alpha value is -2.89. The molecule has 6 nitrogen and oxygen atoms in total. The fourth-order valence-corrected chi connectivity index (χ4v) is 3.07. The van der Waals surface area contributed by atoms with Crippen LogP contribution in [0.1, 0.15) is 54.8 Å². The number of hydrogen-bond donors (Lipinski definition) is 1. The first-order valence-corrected chi connectivity index (χ1v) is 10.1. The highest BCUT2D eigenvalue weighted by Crippen LogP contribution is 2.17. The molecule has 1 N–H and O–H groups in total. The van der Waals surface area contributed by atoms with Gasteiger partial charge in [0.05, 0.1) is 12.2 Å². The maximum Gasteiger partial charge on any atom is 0.331 e. The number of amides is 1. The monoisotopic (exact) mass is 397 g/mol. The Morgan fingerprint density at radius 2 is 1.79 bits per heavy atom. The van der Waals surface area contributed by atoms with Crippen LogP contribution in [-0.4, -0.2) is 34.3 Å². The number of aryl methyl sites for hydroxylation is 2. The average Bonchev–Trinajstić information content (AvgIpc) is 2.97. The largest absolute Gasteiger partial charge is 0.452 e. The van der Waals surface area contributed by atoms with Crippen molar-refractivity contribution in [2.24, 2.45) is 0 Å². The summed E-state index contributed by atoms with van der Waals surface area (Å²) in [7, 11) is 0. The molecule has 1 amide bonds. The molecule has 1 aromatic carbocycles. The van der Waals surface area contributed by atoms with Crippen molar-refractivity contribution in [3.8, 4) is 0 Å². The summed E-state index contributed by atoms with van der Waals surface area (Å²) in [4.78, 5) is 23.8. The fraction of sp³-hybridized carbons (Fsp3) is 0.435. The SMILES string of the molecule is CCC(CC)NC(=O)COC(=O)/C=C/c1c(C)nn(Cc2ccc(C)cc2)c1C. The Morgan fingerprint density at radius 1 is 1.14 bits per heavy atom. The molecule has 0 fully saturated rings. The average molecular weight is 398 g/mol. The van der Waals surface area contributed by atoms with Crippen LogP contribution in [0.3, 0.4) is 0 Å². The summed E-state index contributed by atoms with van der Waals surface area (Å²) in [5.41, 5.74) is 5.08. The number of nitrogens with zero attached hydrogens (tertiary/aromatic N) is 2. The van der Waals surface area contributed by atoms with Crippen LogP contribution in [0.4, 0.5) is 0 Å². The molecule has 0 aliphatic carbocycles. The smallest absolute Gasteiger partial charge is 0.331 e. The lowest BCUT2D eigenvalue weighted by Crippen LogP contribution is -2.36. The first-order valence-electron chi connectivity index (χ1n) is 10.1. The summed E-state index contributed by atoms with van der Waals surface area (Å²) in [6.07, 6.45) is 4.74. The molecule has 156 valence electrons. The zero-order chi connectivity index (χ0) is 21.4. The van der Waals surface area contributed by atoms with E-state index in [4.69, 9.17) is 4.74 Å². The molecule has 0 atom stereocenters. The quantitative estimate of drug-likeness (QED) is 0.517. The van der Waals surface area contributed by atoms with Crippen molar-refractivity contribution >= 4 is 18.0 Å². The van der Waals surface area contributed by atoms with Gasteiger partial charge in [0.15, 0.2) is 6.61 Å². The molecule has 1 heterocycles. The number of hydrogen-bond acceptors (Lipinski definition) is 4. The van der Waals surface area contributed by atoms with Crippen molar-refractivity contribution in [3.05, 3.63) is 58.4 Å². The zero-order valence-electron chi connectivity index (χ0n) is 18.0. The number of aromatic nitrogens is 2. The number of rotatable bonds is 9. The van der Waals surface area contributed by atoms with Gasteiger partial charge in [-0.2, -0.15) is 5.10 Å². The van der Waals surface area contributed by atoms with E-state index in [0.717, 1.165) is 29.8 Å². The van der Waals surface area contributed by atoms with E-state index >= 15 is 0 Å². The summed E-state index contributed by atoms with van der Waals surface area (Å²) in [6.45, 7) is 10.4. The van der Waals surface area contributed by atoms with Crippen LogP contribution in [0.25, 0.3) is 6.08 Å². The highest BCUT2D eigenvalue weighted by molar-refractivity contribution is 5.89. The second kappa shape index (κ2) is 10.6. The Balaban J connectivity index is 1.96. The van der Waals surface area contributed by atoms with Crippen LogP contribution in [0.5, 0.6) is 0 Å². The summed E-state index contributed by atoms with van der Waals surface area (Å²) >= 11 is 0. The normalized spacial score (nSPS) is 11.2. The summed E-state index contributed by atoms with van der Waals surface area (Å²) in [5.74, 6) is -0.825. The molecule has 0 spiro atoms. The second-order valence-corrected chi connectivity index (χ2v) is 7.25. The van der Waals surface area contributed by atoms with E-state index in [2.05, 4.69) is 41.6 Å². The third-order valence-electron chi connectivity index (χ3n) is 4.97. The molecule has 1 aromatic heterocycles. The van der Waals surface area contributed by atoms with Gasteiger partial charge in [0.25, 0.3) is 5.91 Å². The molecule has 2 rings (SSSR count). The zero-order valence-corrected chi connectivity index (χ0v) is 18.0. The number of ether oxygens (including phenoxy) is 1. The molecule has 0 radical (unpaired) electrons. The molecule has 6 heteroatoms. The van der Waals surface area contributed by atoms with Crippen LogP contribution in [0.15, 0.2) is 30.3 Å². The van der Waals surface area contributed by atoms with E-state index in [1.807, 2.05) is 32.4 Å². The van der Waals surface area contributed by atoms with Crippen molar-refractivity contribution in [1.82, 2.24) is 15.1 Å². The highest BCUT2D eigenvalue weighted by Gasteiger charge is 2.12. The third-order valence-corrected chi connectivity index (χ3v) is 4.97. The van der Waals surface area contributed by atoms with E-state index in [1.165, 1.54) is 17.2 Å². The lowest BCUT2D eigenvalue weighted by molar-refractivity contribution is -0.144. The number of carbonyl (C=O) groups is 2. The Bertz CT molecular complexity index is 862. The van der Waals surface area contributed by atoms with Gasteiger partial charge < -0.3 is 10.1 Å². The van der Waals surface area contributed by atoms with Crippen molar-refractivity contribution in [3.63, 3.8) is 0 Å². The lowest BCUT2D eigenvalue weighted by atomic mass is 10.1. The molecular formula is C23H31N3O3. The van der Waals surface area contributed by atoms with E-state index in [1.54, 1.807) is 6.08 Å². The van der Waals surface area contributed by atoms with Crippen molar-refractivity contribution < 1.29 is 14.3 Å². The predicted octanol–water partition coefficient (Wildman–Crippen LogP) is 3.72. The van der Waals surface area contributed by atoms with Crippen molar-refractivity contribution in [2.45, 2.75) is 60.0 Å². The van der Waals surface area contributed by atoms with Gasteiger partial charge in [-0.05, 0) is 45.3 Å². The Labute approximate surface area is 173 Å². The minimum atomic E-state index is -0.546. The standard InChI is InChI=1S/C23H31N3O3/c1-6-20(7-2)24-22(27)15-29-23(28)13-12-21-17(4)25-26(18(21)5)14-19-10-8-16(3)9-11-19/h8-13,20H,6-7,14-15H2,1-5H3,(H,24,27)/b13-12+. The number of esters is 1. The first kappa shape index (κ1) is 22.4. The number of carbonyl (C=O) groups excluding carboxylic acids is 2. The van der Waals surface area contributed by atoms with Gasteiger partial charge in [-0.3, -0.25) is 9.48 Å². The Morgan fingerprint density at radius 3 is 2.41 bits per heavy atom. The van der Waals surface area contributed by atoms with Gasteiger partial charge in [0, 0.05) is 23.4 Å². The van der Waals surface area contributed by atoms with Crippen LogP contribution in [-0.2, 0) is 20.9 Å². The van der Waals surface area contributed by atoms with Gasteiger partial charge in [0.2, 0.25) is 0 Å². The topological polar surface area (TPSA) is 73.2 Å². The van der Waals surface area contributed by atoms with Gasteiger partial charge in [-0.1, -0.05) is 43.7 Å². The fourth-order valence-electron chi connectivity index (χ4n) is 3.07. The van der Waals surface area contributed by atoms with Gasteiger partial charge in [0.1, 0.15) is 0 Å². The van der Waals surface area contributed by atoms with Crippen LogP contribution in [0, 0.1) is 20.8 Å². The molecule has 2 aromatic rings. The first-order chi connectivity index (χ1) is 13.8. The Kier molecular flexibility index (Phi) is 8.19. The molecule has 0 unspecified atom stereocenters. The summed E-state index contributed by atoms with van der Waals surface area (Å²) < 4.78 is 6.97. The maximum absolute atomic E-state index is 12.0.